The number of benzene rings is 1. The number of thiocarbonyl (C=S) groups is 1. The van der Waals surface area contributed by atoms with Crippen molar-refractivity contribution < 1.29 is 4.79 Å². The first-order valence-corrected chi connectivity index (χ1v) is 8.62. The molecule has 1 aromatic rings. The molecule has 0 saturated carbocycles. The molecule has 1 N–H and O–H groups in total. The molecule has 0 aromatic heterocycles. The largest absolute Gasteiger partial charge is 0.369 e. The third-order valence-electron chi connectivity index (χ3n) is 3.53. The number of nitrogens with zero attached hydrogens (tertiary/aromatic N) is 3. The lowest BCUT2D eigenvalue weighted by atomic mass is 10.1. The fourth-order valence-corrected chi connectivity index (χ4v) is 3.36. The summed E-state index contributed by atoms with van der Waals surface area (Å²) >= 11 is 6.25. The van der Waals surface area contributed by atoms with Gasteiger partial charge in [-0.05, 0) is 36.3 Å². The molecule has 1 amide bonds. The first-order chi connectivity index (χ1) is 11.5. The van der Waals surface area contributed by atoms with Gasteiger partial charge in [0.2, 0.25) is 0 Å². The number of carbonyl (C=O) groups is 1. The van der Waals surface area contributed by atoms with Crippen molar-refractivity contribution in [1.29, 1.82) is 10.5 Å². The topological polar surface area (TPSA) is 79.9 Å². The first-order valence-electron chi connectivity index (χ1n) is 7.39. The average Bonchev–Trinajstić information content (AvgIpc) is 2.87. The Bertz CT molecular complexity index is 756. The van der Waals surface area contributed by atoms with Crippen LogP contribution in [0.2, 0.25) is 0 Å². The summed E-state index contributed by atoms with van der Waals surface area (Å²) in [6, 6.07) is 10.2. The number of aryl methyl sites for hydroxylation is 1. The summed E-state index contributed by atoms with van der Waals surface area (Å²) in [5, 5.41) is 20.2. The van der Waals surface area contributed by atoms with Crippen molar-refractivity contribution in [3.05, 3.63) is 34.2 Å². The Morgan fingerprint density at radius 1 is 1.29 bits per heavy atom. The maximum atomic E-state index is 11.8. The van der Waals surface area contributed by atoms with E-state index < -0.39 is 0 Å². The van der Waals surface area contributed by atoms with E-state index in [0.29, 0.717) is 35.2 Å². The monoisotopic (exact) mass is 356 g/mol. The van der Waals surface area contributed by atoms with Crippen LogP contribution < -0.4 is 10.2 Å². The van der Waals surface area contributed by atoms with E-state index in [0.717, 1.165) is 16.8 Å². The molecule has 7 heteroatoms. The Balaban J connectivity index is 2.23. The SMILES string of the molecule is Cc1cc(N(CCC#N)CCC#N)ccc1/C=C1\SC(=S)NC1=O. The van der Waals surface area contributed by atoms with Crippen molar-refractivity contribution in [1.82, 2.24) is 5.32 Å². The molecule has 0 aliphatic carbocycles. The summed E-state index contributed by atoms with van der Waals surface area (Å²) in [6.07, 6.45) is 2.64. The third kappa shape index (κ3) is 4.58. The van der Waals surface area contributed by atoms with Gasteiger partial charge in [-0.1, -0.05) is 30.0 Å². The zero-order valence-electron chi connectivity index (χ0n) is 13.2. The van der Waals surface area contributed by atoms with Gasteiger partial charge in [-0.2, -0.15) is 10.5 Å². The van der Waals surface area contributed by atoms with Gasteiger partial charge in [0, 0.05) is 18.8 Å². The van der Waals surface area contributed by atoms with Gasteiger partial charge in [0.05, 0.1) is 29.9 Å². The summed E-state index contributed by atoms with van der Waals surface area (Å²) in [7, 11) is 0. The number of nitriles is 2. The Labute approximate surface area is 150 Å². The number of nitrogens with one attached hydrogen (secondary N) is 1. The van der Waals surface area contributed by atoms with Gasteiger partial charge in [0.1, 0.15) is 4.32 Å². The van der Waals surface area contributed by atoms with Crippen molar-refractivity contribution in [3.63, 3.8) is 0 Å². The minimum atomic E-state index is -0.168. The standard InChI is InChI=1S/C17H16N4OS2/c1-12-10-14(21(8-2-6-18)9-3-7-19)5-4-13(12)11-15-16(22)20-17(23)24-15/h4-5,10-11H,2-3,8-9H2,1H3,(H,20,22,23)/b15-11-. The quantitative estimate of drug-likeness (QED) is 0.623. The van der Waals surface area contributed by atoms with Crippen LogP contribution in [0.5, 0.6) is 0 Å². The maximum Gasteiger partial charge on any atom is 0.263 e. The van der Waals surface area contributed by atoms with Crippen molar-refractivity contribution in [3.8, 4) is 12.1 Å². The lowest BCUT2D eigenvalue weighted by Gasteiger charge is -2.23. The molecule has 0 bridgehead atoms. The molecule has 1 aliphatic heterocycles. The van der Waals surface area contributed by atoms with Gasteiger partial charge in [-0.25, -0.2) is 0 Å². The molecule has 24 heavy (non-hydrogen) atoms. The van der Waals surface area contributed by atoms with E-state index in [4.69, 9.17) is 22.7 Å². The Morgan fingerprint density at radius 3 is 2.46 bits per heavy atom. The highest BCUT2D eigenvalue weighted by atomic mass is 32.2. The Hall–Kier alpha value is -2.35. The van der Waals surface area contributed by atoms with Crippen molar-refractivity contribution in [2.24, 2.45) is 0 Å². The van der Waals surface area contributed by atoms with Crippen LogP contribution in [0.3, 0.4) is 0 Å². The molecule has 0 spiro atoms. The summed E-state index contributed by atoms with van der Waals surface area (Å²) < 4.78 is 0.472. The molecule has 0 radical (unpaired) electrons. The predicted octanol–water partition coefficient (Wildman–Crippen LogP) is 3.12. The zero-order valence-corrected chi connectivity index (χ0v) is 14.8. The van der Waals surface area contributed by atoms with Crippen LogP contribution in [0.1, 0.15) is 24.0 Å². The molecule has 1 heterocycles. The first kappa shape index (κ1) is 18.0. The molecule has 0 unspecified atom stereocenters. The van der Waals surface area contributed by atoms with E-state index in [1.54, 1.807) is 0 Å². The summed E-state index contributed by atoms with van der Waals surface area (Å²) in [5.41, 5.74) is 2.94. The van der Waals surface area contributed by atoms with E-state index in [1.807, 2.05) is 36.1 Å². The lowest BCUT2D eigenvalue weighted by molar-refractivity contribution is -0.115. The number of amides is 1. The van der Waals surface area contributed by atoms with E-state index >= 15 is 0 Å². The number of carbonyl (C=O) groups excluding carboxylic acids is 1. The van der Waals surface area contributed by atoms with Gasteiger partial charge in [-0.3, -0.25) is 4.79 Å². The summed E-state index contributed by atoms with van der Waals surface area (Å²) in [5.74, 6) is -0.168. The normalized spacial score (nSPS) is 15.0. The molecule has 1 aliphatic rings. The van der Waals surface area contributed by atoms with Gasteiger partial charge in [0.15, 0.2) is 0 Å². The molecule has 2 rings (SSSR count). The smallest absolute Gasteiger partial charge is 0.263 e. The zero-order chi connectivity index (χ0) is 17.5. The minimum Gasteiger partial charge on any atom is -0.369 e. The second-order valence-corrected chi connectivity index (χ2v) is 6.92. The van der Waals surface area contributed by atoms with Crippen LogP contribution in [-0.4, -0.2) is 23.3 Å². The van der Waals surface area contributed by atoms with Gasteiger partial charge < -0.3 is 10.2 Å². The van der Waals surface area contributed by atoms with Crippen LogP contribution in [0.4, 0.5) is 5.69 Å². The fourth-order valence-electron chi connectivity index (χ4n) is 2.32. The fraction of sp³-hybridized carbons (Fsp3) is 0.294. The highest BCUT2D eigenvalue weighted by Crippen LogP contribution is 2.28. The number of hydrogen-bond donors (Lipinski definition) is 1. The average molecular weight is 356 g/mol. The second-order valence-electron chi connectivity index (χ2n) is 5.20. The van der Waals surface area contributed by atoms with Gasteiger partial charge in [-0.15, -0.1) is 0 Å². The van der Waals surface area contributed by atoms with Crippen molar-refractivity contribution in [2.75, 3.05) is 18.0 Å². The van der Waals surface area contributed by atoms with Crippen LogP contribution in [-0.2, 0) is 4.79 Å². The van der Waals surface area contributed by atoms with E-state index in [2.05, 4.69) is 17.5 Å². The molecule has 0 atom stereocenters. The third-order valence-corrected chi connectivity index (χ3v) is 4.70. The Morgan fingerprint density at radius 2 is 1.96 bits per heavy atom. The van der Waals surface area contributed by atoms with E-state index in [-0.39, 0.29) is 5.91 Å². The molecule has 122 valence electrons. The van der Waals surface area contributed by atoms with Crippen molar-refractivity contribution >= 4 is 46.0 Å². The molecule has 1 fully saturated rings. The molecule has 1 saturated heterocycles. The van der Waals surface area contributed by atoms with E-state index in [1.165, 1.54) is 11.8 Å². The van der Waals surface area contributed by atoms with E-state index in [9.17, 15) is 4.79 Å². The molecule has 5 nitrogen and oxygen atoms in total. The van der Waals surface area contributed by atoms with Crippen molar-refractivity contribution in [2.45, 2.75) is 19.8 Å². The Kier molecular flexibility index (Phi) is 6.36. The summed E-state index contributed by atoms with van der Waals surface area (Å²) in [4.78, 5) is 14.4. The van der Waals surface area contributed by atoms with Crippen LogP contribution in [0.25, 0.3) is 6.08 Å². The van der Waals surface area contributed by atoms with Gasteiger partial charge in [0.25, 0.3) is 5.91 Å². The lowest BCUT2D eigenvalue weighted by Crippen LogP contribution is -2.25. The van der Waals surface area contributed by atoms with Crippen LogP contribution in [0.15, 0.2) is 23.1 Å². The molecular weight excluding hydrogens is 340 g/mol. The number of hydrogen-bond acceptors (Lipinski definition) is 6. The highest BCUT2D eigenvalue weighted by Gasteiger charge is 2.22. The molecule has 1 aromatic carbocycles. The maximum absolute atomic E-state index is 11.8. The highest BCUT2D eigenvalue weighted by molar-refractivity contribution is 8.26. The summed E-state index contributed by atoms with van der Waals surface area (Å²) in [6.45, 7) is 3.15. The van der Waals surface area contributed by atoms with Gasteiger partial charge >= 0.3 is 0 Å². The predicted molar refractivity (Wildman–Crippen MR) is 100 cm³/mol. The van der Waals surface area contributed by atoms with Crippen LogP contribution in [0, 0.1) is 29.6 Å². The van der Waals surface area contributed by atoms with Crippen LogP contribution >= 0.6 is 24.0 Å². The number of anilines is 1. The number of thioether (sulfide) groups is 1. The minimum absolute atomic E-state index is 0.168. The molecular formula is C17H16N4OS2. The number of rotatable bonds is 6. The second kappa shape index (κ2) is 8.49.